The molecule has 1 spiro atoms. The maximum Gasteiger partial charge on any atom is 0.416 e. The molecule has 3 aliphatic heterocycles. The summed E-state index contributed by atoms with van der Waals surface area (Å²) in [5.74, 6) is -2.73. The highest BCUT2D eigenvalue weighted by Crippen LogP contribution is 2.50. The van der Waals surface area contributed by atoms with E-state index in [4.69, 9.17) is 9.47 Å². The molecule has 3 aromatic rings. The van der Waals surface area contributed by atoms with Crippen molar-refractivity contribution in [3.8, 4) is 11.1 Å². The summed E-state index contributed by atoms with van der Waals surface area (Å²) in [6.07, 6.45) is -1.84. The van der Waals surface area contributed by atoms with Gasteiger partial charge in [-0.1, -0.05) is 24.3 Å². The van der Waals surface area contributed by atoms with Crippen molar-refractivity contribution in [1.82, 2.24) is 24.9 Å². The molecule has 4 aliphatic rings. The molecule has 0 radical (unpaired) electrons. The van der Waals surface area contributed by atoms with E-state index < -0.39 is 79.8 Å². The van der Waals surface area contributed by atoms with Crippen molar-refractivity contribution >= 4 is 17.8 Å². The normalized spacial score (nSPS) is 23.9. The molecule has 7 rings (SSSR count). The summed E-state index contributed by atoms with van der Waals surface area (Å²) >= 11 is 0. The van der Waals surface area contributed by atoms with Crippen LogP contribution in [0.1, 0.15) is 48.2 Å². The Hall–Kier alpha value is -4.37. The van der Waals surface area contributed by atoms with Crippen molar-refractivity contribution < 1.29 is 45.8 Å². The van der Waals surface area contributed by atoms with E-state index in [0.717, 1.165) is 30.5 Å². The first-order valence-corrected chi connectivity index (χ1v) is 15.2. The second-order valence-corrected chi connectivity index (χ2v) is 12.4. The Morgan fingerprint density at radius 1 is 1.04 bits per heavy atom. The Morgan fingerprint density at radius 3 is 2.43 bits per heavy atom. The number of ether oxygens (including phenoxy) is 2. The topological polar surface area (TPSA) is 106 Å². The minimum Gasteiger partial charge on any atom is -0.381 e. The first kappa shape index (κ1) is 31.2. The molecule has 248 valence electrons. The van der Waals surface area contributed by atoms with Crippen molar-refractivity contribution in [2.24, 2.45) is 0 Å². The molecule has 1 N–H and O–H groups in total. The van der Waals surface area contributed by atoms with Crippen molar-refractivity contribution in [2.75, 3.05) is 33.0 Å². The van der Waals surface area contributed by atoms with Gasteiger partial charge < -0.3 is 19.7 Å². The van der Waals surface area contributed by atoms with Gasteiger partial charge in [0.25, 0.3) is 5.91 Å². The van der Waals surface area contributed by atoms with Crippen molar-refractivity contribution in [3.05, 3.63) is 77.4 Å². The molecule has 1 aliphatic carbocycles. The summed E-state index contributed by atoms with van der Waals surface area (Å²) in [6, 6.07) is 8.55. The van der Waals surface area contributed by atoms with Crippen LogP contribution in [0.25, 0.3) is 11.1 Å². The molecule has 4 amide bonds. The summed E-state index contributed by atoms with van der Waals surface area (Å²) in [5, 5.41) is 6.99. The molecule has 4 heterocycles. The number of imide groups is 1. The Labute approximate surface area is 265 Å². The molecule has 0 bridgehead atoms. The van der Waals surface area contributed by atoms with Crippen molar-refractivity contribution in [3.63, 3.8) is 0 Å². The monoisotopic (exact) mass is 659 g/mol. The van der Waals surface area contributed by atoms with Gasteiger partial charge in [0.05, 0.1) is 25.5 Å². The van der Waals surface area contributed by atoms with Gasteiger partial charge in [0.15, 0.2) is 5.54 Å². The molecule has 2 aromatic carbocycles. The highest BCUT2D eigenvalue weighted by atomic mass is 19.4. The molecule has 10 nitrogen and oxygen atoms in total. The Balaban J connectivity index is 1.14. The van der Waals surface area contributed by atoms with Crippen LogP contribution in [0.5, 0.6) is 0 Å². The molecular formula is C32H30F5N5O5. The lowest BCUT2D eigenvalue weighted by molar-refractivity contribution is -0.302. The fourth-order valence-electron chi connectivity index (χ4n) is 6.85. The number of alkyl halides is 4. The number of aromatic nitrogens is 2. The number of benzene rings is 2. The van der Waals surface area contributed by atoms with Crippen LogP contribution in [0, 0.1) is 5.82 Å². The number of rotatable bonds is 7. The fourth-order valence-corrected chi connectivity index (χ4v) is 6.85. The number of nitrogens with zero attached hydrogens (tertiary/aromatic N) is 4. The van der Waals surface area contributed by atoms with Gasteiger partial charge in [0, 0.05) is 37.9 Å². The van der Waals surface area contributed by atoms with Crippen LogP contribution < -0.4 is 5.32 Å². The van der Waals surface area contributed by atoms with E-state index in [-0.39, 0.29) is 22.7 Å². The molecular weight excluding hydrogens is 629 g/mol. The zero-order valence-electron chi connectivity index (χ0n) is 24.9. The maximum absolute atomic E-state index is 15.6. The third kappa shape index (κ3) is 5.15. The van der Waals surface area contributed by atoms with E-state index in [0.29, 0.717) is 28.6 Å². The van der Waals surface area contributed by atoms with E-state index in [1.165, 1.54) is 12.1 Å². The fraction of sp³-hybridized carbons (Fsp3) is 0.438. The van der Waals surface area contributed by atoms with Crippen LogP contribution >= 0.6 is 0 Å². The molecule has 15 heteroatoms. The Morgan fingerprint density at radius 2 is 1.77 bits per heavy atom. The second kappa shape index (κ2) is 11.4. The lowest BCUT2D eigenvalue weighted by Gasteiger charge is -2.50. The number of fused-ring (bicyclic) bond motifs is 2. The van der Waals surface area contributed by atoms with Gasteiger partial charge in [0.2, 0.25) is 5.91 Å². The van der Waals surface area contributed by atoms with Gasteiger partial charge in [-0.15, -0.1) is 0 Å². The van der Waals surface area contributed by atoms with Gasteiger partial charge in [-0.05, 0) is 53.3 Å². The van der Waals surface area contributed by atoms with Crippen LogP contribution in [0.4, 0.5) is 26.7 Å². The lowest BCUT2D eigenvalue weighted by Crippen LogP contribution is -2.72. The SMILES string of the molecule is O=C1N[C@]2(C[C@@H](F)c3cc(-c4cnn(C5CCOCC5)c4)ccc32)C(=O)N1CC(=O)N(Cc1ccc(F)cc1)C1(C(F)(F)F)COC1. The number of carbonyl (C=O) groups excluding carboxylic acids is 3. The molecule has 0 unspecified atom stereocenters. The number of halogens is 5. The van der Waals surface area contributed by atoms with Gasteiger partial charge in [0.1, 0.15) is 24.1 Å². The number of carbonyl (C=O) groups is 3. The minimum absolute atomic E-state index is 0.179. The number of nitrogens with one attached hydrogen (secondary N) is 1. The van der Waals surface area contributed by atoms with E-state index in [2.05, 4.69) is 10.4 Å². The summed E-state index contributed by atoms with van der Waals surface area (Å²) in [5.41, 5.74) is -2.56. The summed E-state index contributed by atoms with van der Waals surface area (Å²) in [6.45, 7) is -2.03. The van der Waals surface area contributed by atoms with E-state index in [1.54, 1.807) is 24.4 Å². The quantitative estimate of drug-likeness (QED) is 0.295. The van der Waals surface area contributed by atoms with E-state index in [9.17, 15) is 31.9 Å². The minimum atomic E-state index is -4.91. The predicted molar refractivity (Wildman–Crippen MR) is 154 cm³/mol. The highest BCUT2D eigenvalue weighted by molar-refractivity contribution is 6.10. The van der Waals surface area contributed by atoms with Crippen LogP contribution in [-0.4, -0.2) is 82.1 Å². The predicted octanol–water partition coefficient (Wildman–Crippen LogP) is 4.56. The molecule has 0 saturated carbocycles. The molecule has 3 fully saturated rings. The van der Waals surface area contributed by atoms with Crippen LogP contribution in [0.2, 0.25) is 0 Å². The van der Waals surface area contributed by atoms with Crippen LogP contribution in [-0.2, 0) is 31.1 Å². The largest absolute Gasteiger partial charge is 0.416 e. The summed E-state index contributed by atoms with van der Waals surface area (Å²) < 4.78 is 84.3. The van der Waals surface area contributed by atoms with E-state index >= 15 is 4.39 Å². The lowest BCUT2D eigenvalue weighted by atomic mass is 9.90. The average Bonchev–Trinajstić information content (AvgIpc) is 3.68. The van der Waals surface area contributed by atoms with Gasteiger partial charge in [-0.2, -0.15) is 18.3 Å². The van der Waals surface area contributed by atoms with Crippen molar-refractivity contribution in [1.29, 1.82) is 0 Å². The van der Waals surface area contributed by atoms with Crippen molar-refractivity contribution in [2.45, 2.75) is 55.3 Å². The summed E-state index contributed by atoms with van der Waals surface area (Å²) in [4.78, 5) is 41.7. The highest BCUT2D eigenvalue weighted by Gasteiger charge is 2.65. The maximum atomic E-state index is 15.6. The summed E-state index contributed by atoms with van der Waals surface area (Å²) in [7, 11) is 0. The molecule has 2 atom stereocenters. The first-order valence-electron chi connectivity index (χ1n) is 15.2. The van der Waals surface area contributed by atoms with E-state index in [1.807, 2.05) is 10.9 Å². The third-order valence-electron chi connectivity index (χ3n) is 9.58. The third-order valence-corrected chi connectivity index (χ3v) is 9.58. The number of hydrogen-bond donors (Lipinski definition) is 1. The van der Waals surface area contributed by atoms with Crippen LogP contribution in [0.15, 0.2) is 54.9 Å². The Kier molecular flexibility index (Phi) is 7.58. The second-order valence-electron chi connectivity index (χ2n) is 12.4. The number of urea groups is 1. The molecule has 1 aromatic heterocycles. The smallest absolute Gasteiger partial charge is 0.381 e. The number of hydrogen-bond acceptors (Lipinski definition) is 6. The zero-order chi connectivity index (χ0) is 33.1. The van der Waals surface area contributed by atoms with Gasteiger partial charge >= 0.3 is 12.2 Å². The first-order chi connectivity index (χ1) is 22.4. The van der Waals surface area contributed by atoms with Crippen LogP contribution in [0.3, 0.4) is 0 Å². The standard InChI is InChI=1S/C32H30F5N5O5/c33-22-4-1-19(2-5-22)14-41(30(17-47-18-30)32(35,36)37)27(43)16-40-28(44)31(39-29(40)45)12-26(34)24-11-20(3-6-25(24)31)21-13-38-42(15-21)23-7-9-46-10-8-23/h1-6,11,13,15,23,26H,7-10,12,14,16-18H2,(H,39,45)/t26-,31+/m1/s1. The van der Waals surface area contributed by atoms with Gasteiger partial charge in [-0.25, -0.2) is 13.6 Å². The van der Waals surface area contributed by atoms with Gasteiger partial charge in [-0.3, -0.25) is 19.2 Å². The molecule has 3 saturated heterocycles. The number of amides is 4. The zero-order valence-corrected chi connectivity index (χ0v) is 24.9. The average molecular weight is 660 g/mol. The molecule has 47 heavy (non-hydrogen) atoms. The Bertz CT molecular complexity index is 1720.